The summed E-state index contributed by atoms with van der Waals surface area (Å²) in [5.41, 5.74) is 3.50. The highest BCUT2D eigenvalue weighted by Crippen LogP contribution is 2.35. The van der Waals surface area contributed by atoms with Crippen LogP contribution in [-0.2, 0) is 16.1 Å². The Morgan fingerprint density at radius 1 is 1.23 bits per heavy atom. The second kappa shape index (κ2) is 8.72. The minimum atomic E-state index is -0.00579. The van der Waals surface area contributed by atoms with Gasteiger partial charge in [-0.1, -0.05) is 42.0 Å². The number of methoxy groups -OCH3 is 1. The Labute approximate surface area is 154 Å². The summed E-state index contributed by atoms with van der Waals surface area (Å²) in [5, 5.41) is 2.90. The van der Waals surface area contributed by atoms with E-state index in [1.54, 1.807) is 7.11 Å². The van der Waals surface area contributed by atoms with E-state index in [1.165, 1.54) is 11.1 Å². The van der Waals surface area contributed by atoms with Gasteiger partial charge < -0.3 is 19.7 Å². The van der Waals surface area contributed by atoms with E-state index >= 15 is 0 Å². The first-order valence-electron chi connectivity index (χ1n) is 8.97. The molecule has 2 aromatic rings. The summed E-state index contributed by atoms with van der Waals surface area (Å²) in [4.78, 5) is 14.6. The SMILES string of the molecule is COCCNC(=O)C[C@@H]1COc2ccccc2N1Cc1ccc(C)cc1. The molecule has 0 radical (unpaired) electrons. The summed E-state index contributed by atoms with van der Waals surface area (Å²) >= 11 is 0. The lowest BCUT2D eigenvalue weighted by Crippen LogP contribution is -2.45. The lowest BCUT2D eigenvalue weighted by molar-refractivity contribution is -0.121. The highest BCUT2D eigenvalue weighted by Gasteiger charge is 2.29. The van der Waals surface area contributed by atoms with Gasteiger partial charge in [-0.05, 0) is 24.6 Å². The summed E-state index contributed by atoms with van der Waals surface area (Å²) in [6, 6.07) is 16.5. The van der Waals surface area contributed by atoms with Crippen molar-refractivity contribution in [2.24, 2.45) is 0 Å². The summed E-state index contributed by atoms with van der Waals surface area (Å²) in [5.74, 6) is 0.889. The number of nitrogens with zero attached hydrogens (tertiary/aromatic N) is 1. The number of ether oxygens (including phenoxy) is 2. The van der Waals surface area contributed by atoms with Crippen LogP contribution in [0.4, 0.5) is 5.69 Å². The number of para-hydroxylation sites is 2. The van der Waals surface area contributed by atoms with Crippen molar-refractivity contribution in [3.63, 3.8) is 0 Å². The van der Waals surface area contributed by atoms with E-state index < -0.39 is 0 Å². The third kappa shape index (κ3) is 4.55. The molecule has 0 aliphatic carbocycles. The quantitative estimate of drug-likeness (QED) is 0.777. The van der Waals surface area contributed by atoms with Crippen molar-refractivity contribution in [3.05, 3.63) is 59.7 Å². The fraction of sp³-hybridized carbons (Fsp3) is 0.381. The van der Waals surface area contributed by atoms with E-state index in [0.717, 1.165) is 18.0 Å². The van der Waals surface area contributed by atoms with Crippen LogP contribution in [0, 0.1) is 6.92 Å². The van der Waals surface area contributed by atoms with Gasteiger partial charge in [-0.3, -0.25) is 4.79 Å². The van der Waals surface area contributed by atoms with E-state index in [4.69, 9.17) is 9.47 Å². The predicted octanol–water partition coefficient (Wildman–Crippen LogP) is 2.92. The molecule has 1 aliphatic heterocycles. The minimum absolute atomic E-state index is 0.00579. The first-order chi connectivity index (χ1) is 12.7. The molecule has 1 amide bonds. The van der Waals surface area contributed by atoms with E-state index in [0.29, 0.717) is 26.2 Å². The molecule has 5 heteroatoms. The van der Waals surface area contributed by atoms with Gasteiger partial charge in [0.05, 0.1) is 24.8 Å². The van der Waals surface area contributed by atoms with Crippen molar-refractivity contribution < 1.29 is 14.3 Å². The van der Waals surface area contributed by atoms with Crippen LogP contribution in [-0.4, -0.2) is 38.8 Å². The molecule has 5 nitrogen and oxygen atoms in total. The zero-order valence-electron chi connectivity index (χ0n) is 15.4. The first-order valence-corrected chi connectivity index (χ1v) is 8.97. The number of carbonyl (C=O) groups is 1. The molecular formula is C21H26N2O3. The van der Waals surface area contributed by atoms with Crippen LogP contribution < -0.4 is 15.0 Å². The molecule has 1 atom stereocenters. The number of nitrogens with one attached hydrogen (secondary N) is 1. The van der Waals surface area contributed by atoms with Crippen molar-refractivity contribution >= 4 is 11.6 Å². The number of aryl methyl sites for hydroxylation is 1. The Morgan fingerprint density at radius 2 is 2.00 bits per heavy atom. The summed E-state index contributed by atoms with van der Waals surface area (Å²) in [7, 11) is 1.63. The maximum atomic E-state index is 12.3. The molecule has 0 bridgehead atoms. The number of carbonyl (C=O) groups excluding carboxylic acids is 1. The van der Waals surface area contributed by atoms with Crippen LogP contribution in [0.2, 0.25) is 0 Å². The van der Waals surface area contributed by atoms with Gasteiger partial charge in [0.15, 0.2) is 0 Å². The largest absolute Gasteiger partial charge is 0.489 e. The minimum Gasteiger partial charge on any atom is -0.489 e. The van der Waals surface area contributed by atoms with Crippen molar-refractivity contribution in [1.82, 2.24) is 5.32 Å². The Balaban J connectivity index is 1.76. The van der Waals surface area contributed by atoms with Gasteiger partial charge in [0.2, 0.25) is 5.91 Å². The zero-order valence-corrected chi connectivity index (χ0v) is 15.4. The number of fused-ring (bicyclic) bond motifs is 1. The van der Waals surface area contributed by atoms with E-state index in [2.05, 4.69) is 47.5 Å². The van der Waals surface area contributed by atoms with Gasteiger partial charge in [0.25, 0.3) is 0 Å². The van der Waals surface area contributed by atoms with Crippen molar-refractivity contribution in [1.29, 1.82) is 0 Å². The number of anilines is 1. The molecule has 0 spiro atoms. The average Bonchev–Trinajstić information content (AvgIpc) is 2.65. The van der Waals surface area contributed by atoms with Crippen LogP contribution in [0.1, 0.15) is 17.5 Å². The molecule has 1 N–H and O–H groups in total. The Morgan fingerprint density at radius 3 is 2.77 bits per heavy atom. The lowest BCUT2D eigenvalue weighted by atomic mass is 10.1. The molecular weight excluding hydrogens is 328 g/mol. The van der Waals surface area contributed by atoms with Crippen molar-refractivity contribution in [3.8, 4) is 5.75 Å². The maximum absolute atomic E-state index is 12.3. The fourth-order valence-corrected chi connectivity index (χ4v) is 3.14. The third-order valence-corrected chi connectivity index (χ3v) is 4.57. The Hall–Kier alpha value is -2.53. The second-order valence-corrected chi connectivity index (χ2v) is 6.59. The lowest BCUT2D eigenvalue weighted by Gasteiger charge is -2.38. The monoisotopic (exact) mass is 354 g/mol. The first kappa shape index (κ1) is 18.3. The molecule has 26 heavy (non-hydrogen) atoms. The Bertz CT molecular complexity index is 730. The summed E-state index contributed by atoms with van der Waals surface area (Å²) < 4.78 is 10.9. The van der Waals surface area contributed by atoms with E-state index in [-0.39, 0.29) is 11.9 Å². The zero-order chi connectivity index (χ0) is 18.4. The highest BCUT2D eigenvalue weighted by atomic mass is 16.5. The summed E-state index contributed by atoms with van der Waals surface area (Å²) in [6.45, 7) is 4.37. The number of rotatable bonds is 7. The van der Waals surface area contributed by atoms with Gasteiger partial charge in [0, 0.05) is 20.2 Å². The molecule has 138 valence electrons. The topological polar surface area (TPSA) is 50.8 Å². The van der Waals surface area contributed by atoms with Gasteiger partial charge in [0.1, 0.15) is 12.4 Å². The molecule has 1 aliphatic rings. The van der Waals surface area contributed by atoms with Crippen LogP contribution in [0.3, 0.4) is 0 Å². The molecule has 3 rings (SSSR count). The highest BCUT2D eigenvalue weighted by molar-refractivity contribution is 5.77. The van der Waals surface area contributed by atoms with Crippen molar-refractivity contribution in [2.75, 3.05) is 31.8 Å². The second-order valence-electron chi connectivity index (χ2n) is 6.59. The number of hydrogen-bond donors (Lipinski definition) is 1. The van der Waals surface area contributed by atoms with Crippen molar-refractivity contribution in [2.45, 2.75) is 25.9 Å². The average molecular weight is 354 g/mol. The normalized spacial score (nSPS) is 15.9. The predicted molar refractivity (Wildman–Crippen MR) is 103 cm³/mol. The Kier molecular flexibility index (Phi) is 6.12. The molecule has 0 unspecified atom stereocenters. The number of benzene rings is 2. The van der Waals surface area contributed by atoms with E-state index in [9.17, 15) is 4.79 Å². The van der Waals surface area contributed by atoms with Crippen LogP contribution >= 0.6 is 0 Å². The molecule has 0 saturated carbocycles. The van der Waals surface area contributed by atoms with Crippen LogP contribution in [0.5, 0.6) is 5.75 Å². The number of amides is 1. The number of hydrogen-bond acceptors (Lipinski definition) is 4. The molecule has 0 aromatic heterocycles. The van der Waals surface area contributed by atoms with Gasteiger partial charge in [-0.2, -0.15) is 0 Å². The third-order valence-electron chi connectivity index (χ3n) is 4.57. The molecule has 2 aromatic carbocycles. The van der Waals surface area contributed by atoms with Gasteiger partial charge >= 0.3 is 0 Å². The molecule has 0 fully saturated rings. The van der Waals surface area contributed by atoms with E-state index in [1.807, 2.05) is 18.2 Å². The van der Waals surface area contributed by atoms with Gasteiger partial charge in [-0.15, -0.1) is 0 Å². The molecule has 1 heterocycles. The fourth-order valence-electron chi connectivity index (χ4n) is 3.14. The smallest absolute Gasteiger partial charge is 0.222 e. The maximum Gasteiger partial charge on any atom is 0.222 e. The van der Waals surface area contributed by atoms with Gasteiger partial charge in [-0.25, -0.2) is 0 Å². The summed E-state index contributed by atoms with van der Waals surface area (Å²) in [6.07, 6.45) is 0.393. The standard InChI is InChI=1S/C21H26N2O3/c1-16-7-9-17(10-8-16)14-23-18(13-21(24)22-11-12-25-2)15-26-20-6-4-3-5-19(20)23/h3-10,18H,11-15H2,1-2H3,(H,22,24)/t18-/m1/s1. The molecule has 0 saturated heterocycles. The van der Waals surface area contributed by atoms with Crippen LogP contribution in [0.25, 0.3) is 0 Å². The van der Waals surface area contributed by atoms with Crippen LogP contribution in [0.15, 0.2) is 48.5 Å².